The van der Waals surface area contributed by atoms with Gasteiger partial charge in [0.2, 0.25) is 0 Å². The molecule has 0 saturated carbocycles. The number of anilines is 2. The minimum absolute atomic E-state index is 0.324. The number of nitrogens with zero attached hydrogens (tertiary/aromatic N) is 3. The number of nitrogen functional groups attached to an aromatic ring is 1. The second-order valence-electron chi connectivity index (χ2n) is 4.35. The molecule has 1 aromatic heterocycles. The zero-order chi connectivity index (χ0) is 12.8. The molecule has 1 aromatic rings. The van der Waals surface area contributed by atoms with Crippen LogP contribution in [0.1, 0.15) is 12.8 Å². The first-order chi connectivity index (χ1) is 8.79. The summed E-state index contributed by atoms with van der Waals surface area (Å²) in [6.07, 6.45) is 5.64. The lowest BCUT2D eigenvalue weighted by Gasteiger charge is -2.32. The highest BCUT2D eigenvalue weighted by atomic mass is 16.5. The standard InChI is InChI=1S/C12H20N4O2/c1-17-6-7-18-10-2-4-16(5-3-10)12-9-14-8-11(13)15-12/h8-10H,2-7H2,1H3,(H2,13,15). The van der Waals surface area contributed by atoms with E-state index < -0.39 is 0 Å². The number of ether oxygens (including phenoxy) is 2. The van der Waals surface area contributed by atoms with Crippen molar-refractivity contribution in [1.29, 1.82) is 0 Å². The molecular formula is C12H20N4O2. The van der Waals surface area contributed by atoms with Crippen molar-refractivity contribution in [3.63, 3.8) is 0 Å². The van der Waals surface area contributed by atoms with Gasteiger partial charge in [-0.1, -0.05) is 0 Å². The molecule has 0 amide bonds. The van der Waals surface area contributed by atoms with Crippen molar-refractivity contribution in [2.45, 2.75) is 18.9 Å². The minimum atomic E-state index is 0.324. The summed E-state index contributed by atoms with van der Waals surface area (Å²) >= 11 is 0. The number of methoxy groups -OCH3 is 1. The third-order valence-electron chi connectivity index (χ3n) is 3.05. The number of hydrogen-bond donors (Lipinski definition) is 1. The molecule has 1 aliphatic heterocycles. The maximum atomic E-state index is 5.72. The predicted octanol–water partition coefficient (Wildman–Crippen LogP) is 0.691. The molecule has 0 aromatic carbocycles. The Morgan fingerprint density at radius 1 is 1.33 bits per heavy atom. The SMILES string of the molecule is COCCOC1CCN(c2cncc(N)n2)CC1. The monoisotopic (exact) mass is 252 g/mol. The minimum Gasteiger partial charge on any atom is -0.382 e. The summed E-state index contributed by atoms with van der Waals surface area (Å²) in [6, 6.07) is 0. The lowest BCUT2D eigenvalue weighted by atomic mass is 10.1. The Morgan fingerprint density at radius 3 is 2.78 bits per heavy atom. The van der Waals surface area contributed by atoms with Crippen LogP contribution in [0.25, 0.3) is 0 Å². The first-order valence-electron chi connectivity index (χ1n) is 6.22. The average Bonchev–Trinajstić information content (AvgIpc) is 2.40. The summed E-state index contributed by atoms with van der Waals surface area (Å²) in [5, 5.41) is 0. The number of nitrogens with two attached hydrogens (primary N) is 1. The summed E-state index contributed by atoms with van der Waals surface area (Å²) in [5.74, 6) is 1.32. The molecule has 0 aliphatic carbocycles. The highest BCUT2D eigenvalue weighted by Crippen LogP contribution is 2.19. The van der Waals surface area contributed by atoms with E-state index in [9.17, 15) is 0 Å². The highest BCUT2D eigenvalue weighted by Gasteiger charge is 2.20. The molecule has 100 valence electrons. The van der Waals surface area contributed by atoms with Gasteiger partial charge in [-0.05, 0) is 12.8 Å². The summed E-state index contributed by atoms with van der Waals surface area (Å²) in [6.45, 7) is 3.17. The molecular weight excluding hydrogens is 232 g/mol. The van der Waals surface area contributed by atoms with E-state index in [2.05, 4.69) is 14.9 Å². The Labute approximate surface area is 107 Å². The molecule has 1 fully saturated rings. The number of rotatable bonds is 5. The molecule has 6 nitrogen and oxygen atoms in total. The second-order valence-corrected chi connectivity index (χ2v) is 4.35. The molecule has 0 spiro atoms. The molecule has 6 heteroatoms. The first-order valence-corrected chi connectivity index (χ1v) is 6.22. The summed E-state index contributed by atoms with van der Waals surface area (Å²) in [4.78, 5) is 10.5. The fourth-order valence-corrected chi connectivity index (χ4v) is 2.07. The van der Waals surface area contributed by atoms with Gasteiger partial charge in [-0.25, -0.2) is 4.98 Å². The van der Waals surface area contributed by atoms with Crippen molar-refractivity contribution in [2.75, 3.05) is 44.0 Å². The van der Waals surface area contributed by atoms with Crippen molar-refractivity contribution in [3.05, 3.63) is 12.4 Å². The van der Waals surface area contributed by atoms with Crippen LogP contribution in [-0.4, -0.2) is 49.5 Å². The highest BCUT2D eigenvalue weighted by molar-refractivity contribution is 5.41. The second kappa shape index (κ2) is 6.51. The maximum absolute atomic E-state index is 5.72. The summed E-state index contributed by atoms with van der Waals surface area (Å²) in [7, 11) is 1.68. The van der Waals surface area contributed by atoms with E-state index in [-0.39, 0.29) is 0 Å². The Kier molecular flexibility index (Phi) is 4.72. The van der Waals surface area contributed by atoms with Gasteiger partial charge >= 0.3 is 0 Å². The Balaban J connectivity index is 1.79. The fourth-order valence-electron chi connectivity index (χ4n) is 2.07. The van der Waals surface area contributed by atoms with Gasteiger partial charge in [0.05, 0.1) is 31.7 Å². The molecule has 18 heavy (non-hydrogen) atoms. The zero-order valence-electron chi connectivity index (χ0n) is 10.7. The zero-order valence-corrected chi connectivity index (χ0v) is 10.7. The third kappa shape index (κ3) is 3.54. The lowest BCUT2D eigenvalue weighted by Crippen LogP contribution is -2.38. The molecule has 0 radical (unpaired) electrons. The summed E-state index contributed by atoms with van der Waals surface area (Å²) in [5.41, 5.74) is 5.63. The van der Waals surface area contributed by atoms with Gasteiger partial charge in [0.25, 0.3) is 0 Å². The van der Waals surface area contributed by atoms with Crippen LogP contribution in [-0.2, 0) is 9.47 Å². The van der Waals surface area contributed by atoms with Crippen LogP contribution in [0.2, 0.25) is 0 Å². The van der Waals surface area contributed by atoms with Crippen molar-refractivity contribution in [3.8, 4) is 0 Å². The van der Waals surface area contributed by atoms with Crippen molar-refractivity contribution in [1.82, 2.24) is 9.97 Å². The molecule has 1 aliphatic rings. The molecule has 2 N–H and O–H groups in total. The number of hydrogen-bond acceptors (Lipinski definition) is 6. The molecule has 0 atom stereocenters. The summed E-state index contributed by atoms with van der Waals surface area (Å²) < 4.78 is 10.7. The molecule has 2 heterocycles. The topological polar surface area (TPSA) is 73.5 Å². The molecule has 1 saturated heterocycles. The van der Waals surface area contributed by atoms with E-state index in [1.54, 1.807) is 19.5 Å². The Morgan fingerprint density at radius 2 is 2.11 bits per heavy atom. The van der Waals surface area contributed by atoms with E-state index in [1.807, 2.05) is 0 Å². The van der Waals surface area contributed by atoms with E-state index in [0.29, 0.717) is 25.1 Å². The van der Waals surface area contributed by atoms with Crippen LogP contribution in [0.5, 0.6) is 0 Å². The lowest BCUT2D eigenvalue weighted by molar-refractivity contribution is 0.00604. The smallest absolute Gasteiger partial charge is 0.149 e. The third-order valence-corrected chi connectivity index (χ3v) is 3.05. The van der Waals surface area contributed by atoms with Gasteiger partial charge in [-0.3, -0.25) is 4.98 Å². The van der Waals surface area contributed by atoms with Crippen LogP contribution in [0.15, 0.2) is 12.4 Å². The normalized spacial score (nSPS) is 17.1. The van der Waals surface area contributed by atoms with Gasteiger partial charge in [-0.15, -0.1) is 0 Å². The van der Waals surface area contributed by atoms with E-state index in [1.165, 1.54) is 0 Å². The van der Waals surface area contributed by atoms with Gasteiger partial charge in [0, 0.05) is 20.2 Å². The largest absolute Gasteiger partial charge is 0.382 e. The van der Waals surface area contributed by atoms with Crippen molar-refractivity contribution in [2.24, 2.45) is 0 Å². The van der Waals surface area contributed by atoms with Crippen LogP contribution in [0, 0.1) is 0 Å². The number of aromatic nitrogens is 2. The van der Waals surface area contributed by atoms with E-state index >= 15 is 0 Å². The van der Waals surface area contributed by atoms with Gasteiger partial charge in [0.1, 0.15) is 11.6 Å². The quantitative estimate of drug-likeness (QED) is 0.777. The van der Waals surface area contributed by atoms with Gasteiger partial charge in [-0.2, -0.15) is 0 Å². The average molecular weight is 252 g/mol. The van der Waals surface area contributed by atoms with Crippen LogP contribution < -0.4 is 10.6 Å². The fraction of sp³-hybridized carbons (Fsp3) is 0.667. The van der Waals surface area contributed by atoms with Crippen molar-refractivity contribution >= 4 is 11.6 Å². The van der Waals surface area contributed by atoms with Gasteiger partial charge < -0.3 is 20.1 Å². The Bertz CT molecular complexity index is 367. The van der Waals surface area contributed by atoms with Gasteiger partial charge in [0.15, 0.2) is 0 Å². The maximum Gasteiger partial charge on any atom is 0.149 e. The van der Waals surface area contributed by atoms with Crippen LogP contribution >= 0.6 is 0 Å². The number of piperidine rings is 1. The first kappa shape index (κ1) is 13.0. The predicted molar refractivity (Wildman–Crippen MR) is 69.5 cm³/mol. The Hall–Kier alpha value is -1.40. The van der Waals surface area contributed by atoms with E-state index in [4.69, 9.17) is 15.2 Å². The molecule has 2 rings (SSSR count). The molecule has 0 unspecified atom stereocenters. The van der Waals surface area contributed by atoms with Crippen molar-refractivity contribution < 1.29 is 9.47 Å². The van der Waals surface area contributed by atoms with Crippen LogP contribution in [0.4, 0.5) is 11.6 Å². The van der Waals surface area contributed by atoms with E-state index in [0.717, 1.165) is 31.7 Å². The molecule has 0 bridgehead atoms. The van der Waals surface area contributed by atoms with Crippen LogP contribution in [0.3, 0.4) is 0 Å².